The minimum Gasteiger partial charge on any atom is -0.378 e. The topological polar surface area (TPSA) is 55.4 Å². The molecule has 0 atom stereocenters. The van der Waals surface area contributed by atoms with Crippen molar-refractivity contribution in [3.63, 3.8) is 0 Å². The molecule has 206 valence electrons. The molecule has 6 nitrogen and oxygen atoms in total. The van der Waals surface area contributed by atoms with Crippen LogP contribution in [0.25, 0.3) is 0 Å². The second kappa shape index (κ2) is 32.9. The van der Waals surface area contributed by atoms with Gasteiger partial charge in [0.15, 0.2) is 0 Å². The number of rotatable bonds is 30. The van der Waals surface area contributed by atoms with Crippen LogP contribution in [0.15, 0.2) is 0 Å². The summed E-state index contributed by atoms with van der Waals surface area (Å²) >= 11 is 11.2. The molecule has 34 heavy (non-hydrogen) atoms. The van der Waals surface area contributed by atoms with Gasteiger partial charge in [0, 0.05) is 34.5 Å². The quantitative estimate of drug-likeness (QED) is 0.0854. The summed E-state index contributed by atoms with van der Waals surface area (Å²) in [5.74, 6) is 6.04. The zero-order valence-corrected chi connectivity index (χ0v) is 26.1. The second-order valence-electron chi connectivity index (χ2n) is 6.55. The van der Waals surface area contributed by atoms with E-state index in [2.05, 4.69) is 18.8 Å². The van der Waals surface area contributed by atoms with Gasteiger partial charge in [0.25, 0.3) is 0 Å². The van der Waals surface area contributed by atoms with Gasteiger partial charge in [0.05, 0.1) is 83.2 Å². The fourth-order valence-electron chi connectivity index (χ4n) is 2.15. The number of hydrogen-bond donors (Lipinski definition) is 0. The standard InChI is InChI=1S/C22H46O6S6/c1-29-16-10-23-4-7-26-13-19-32-22(33-20-14-27-8-5-24-11-17-30-2)34-21-15-28-9-6-25-12-18-31-3/h22H,4-21H2,1-3H3. The minimum atomic E-state index is 0.448. The monoisotopic (exact) mass is 598 g/mol. The van der Waals surface area contributed by atoms with Crippen LogP contribution in [0.2, 0.25) is 0 Å². The zero-order chi connectivity index (χ0) is 24.8. The molecule has 0 spiro atoms. The number of hydrogen-bond acceptors (Lipinski definition) is 12. The molecule has 0 unspecified atom stereocenters. The molecule has 0 bridgehead atoms. The average molecular weight is 599 g/mol. The van der Waals surface area contributed by atoms with Gasteiger partial charge in [-0.2, -0.15) is 35.3 Å². The van der Waals surface area contributed by atoms with Crippen molar-refractivity contribution in [3.8, 4) is 0 Å². The summed E-state index contributed by atoms with van der Waals surface area (Å²) < 4.78 is 34.1. The van der Waals surface area contributed by atoms with Crippen LogP contribution in [0, 0.1) is 0 Å². The molecule has 0 radical (unpaired) electrons. The van der Waals surface area contributed by atoms with Gasteiger partial charge in [0.2, 0.25) is 0 Å². The Bertz CT molecular complexity index is 324. The van der Waals surface area contributed by atoms with Gasteiger partial charge in [0.1, 0.15) is 0 Å². The predicted molar refractivity (Wildman–Crippen MR) is 161 cm³/mol. The Kier molecular flexibility index (Phi) is 34.7. The number of ether oxygens (including phenoxy) is 6. The van der Waals surface area contributed by atoms with Gasteiger partial charge >= 0.3 is 0 Å². The summed E-state index contributed by atoms with van der Waals surface area (Å²) in [7, 11) is 0. The Morgan fingerprint density at radius 3 is 0.824 bits per heavy atom. The highest BCUT2D eigenvalue weighted by Crippen LogP contribution is 2.33. The minimum absolute atomic E-state index is 0.448. The first-order valence-corrected chi connectivity index (χ1v) is 19.0. The SMILES string of the molecule is CSCCOCCOCCSC(SCCOCCOCCSC)SCCOCCOCCSC. The van der Waals surface area contributed by atoms with E-state index in [1.807, 2.05) is 35.3 Å². The Labute approximate surface area is 234 Å². The van der Waals surface area contributed by atoms with Gasteiger partial charge in [-0.25, -0.2) is 0 Å². The van der Waals surface area contributed by atoms with Crippen LogP contribution >= 0.6 is 70.6 Å². The Hall–Kier alpha value is 1.86. The summed E-state index contributed by atoms with van der Waals surface area (Å²) in [6.07, 6.45) is 6.27. The molecule has 0 amide bonds. The smallest absolute Gasteiger partial charge is 0.0958 e. The van der Waals surface area contributed by atoms with Crippen molar-refractivity contribution in [2.75, 3.05) is 133 Å². The van der Waals surface area contributed by atoms with Crippen LogP contribution in [0.4, 0.5) is 0 Å². The third kappa shape index (κ3) is 30.1. The molecule has 12 heteroatoms. The lowest BCUT2D eigenvalue weighted by Gasteiger charge is -2.16. The first-order chi connectivity index (χ1) is 16.8. The van der Waals surface area contributed by atoms with Crippen LogP contribution in [-0.2, 0) is 28.4 Å². The summed E-state index contributed by atoms with van der Waals surface area (Å²) in [5.41, 5.74) is 0. The highest BCUT2D eigenvalue weighted by atomic mass is 32.3. The van der Waals surface area contributed by atoms with Crippen molar-refractivity contribution in [1.82, 2.24) is 0 Å². The average Bonchev–Trinajstić information content (AvgIpc) is 2.85. The summed E-state index contributed by atoms with van der Waals surface area (Å²) in [6, 6.07) is 0. The largest absolute Gasteiger partial charge is 0.378 e. The van der Waals surface area contributed by atoms with Crippen molar-refractivity contribution in [1.29, 1.82) is 0 Å². The van der Waals surface area contributed by atoms with Gasteiger partial charge < -0.3 is 28.4 Å². The molecule has 0 saturated carbocycles. The normalized spacial score (nSPS) is 11.6. The van der Waals surface area contributed by atoms with Crippen LogP contribution < -0.4 is 0 Å². The van der Waals surface area contributed by atoms with Crippen molar-refractivity contribution in [3.05, 3.63) is 0 Å². The van der Waals surface area contributed by atoms with Crippen molar-refractivity contribution in [2.45, 2.75) is 3.91 Å². The molecular formula is C22H46O6S6. The molecule has 0 aliphatic heterocycles. The highest BCUT2D eigenvalue weighted by molar-refractivity contribution is 8.32. The maximum Gasteiger partial charge on any atom is 0.0958 e. The molecule has 0 rings (SSSR count). The van der Waals surface area contributed by atoms with E-state index < -0.39 is 0 Å². The van der Waals surface area contributed by atoms with Crippen LogP contribution in [-0.4, -0.2) is 136 Å². The molecular weight excluding hydrogens is 553 g/mol. The van der Waals surface area contributed by atoms with E-state index in [1.165, 1.54) is 0 Å². The van der Waals surface area contributed by atoms with Gasteiger partial charge in [-0.1, -0.05) is 0 Å². The second-order valence-corrected chi connectivity index (χ2v) is 14.0. The highest BCUT2D eigenvalue weighted by Gasteiger charge is 2.10. The Morgan fingerprint density at radius 2 is 0.588 bits per heavy atom. The summed E-state index contributed by atoms with van der Waals surface area (Å²) in [6.45, 7) is 8.68. The molecule has 0 fully saturated rings. The molecule has 0 heterocycles. The molecule has 0 aromatic rings. The van der Waals surface area contributed by atoms with Gasteiger partial charge in [-0.05, 0) is 18.8 Å². The summed E-state index contributed by atoms with van der Waals surface area (Å²) in [4.78, 5) is 0. The lowest BCUT2D eigenvalue weighted by atomic mass is 10.7. The van der Waals surface area contributed by atoms with E-state index in [0.29, 0.717) is 43.6 Å². The molecule has 0 aromatic carbocycles. The fraction of sp³-hybridized carbons (Fsp3) is 1.00. The van der Waals surface area contributed by atoms with Crippen LogP contribution in [0.3, 0.4) is 0 Å². The molecule has 0 saturated heterocycles. The Morgan fingerprint density at radius 1 is 0.353 bits per heavy atom. The van der Waals surface area contributed by atoms with Gasteiger partial charge in [-0.15, -0.1) is 35.3 Å². The third-order valence-electron chi connectivity index (χ3n) is 3.86. The lowest BCUT2D eigenvalue weighted by Crippen LogP contribution is -2.11. The molecule has 0 aliphatic rings. The van der Waals surface area contributed by atoms with Crippen molar-refractivity contribution >= 4 is 70.6 Å². The Balaban J connectivity index is 3.85. The third-order valence-corrected chi connectivity index (χ3v) is 10.1. The predicted octanol–water partition coefficient (Wildman–Crippen LogP) is 4.66. The maximum absolute atomic E-state index is 5.71. The molecule has 0 N–H and O–H groups in total. The first kappa shape index (κ1) is 35.9. The van der Waals surface area contributed by atoms with E-state index in [1.54, 1.807) is 35.3 Å². The van der Waals surface area contributed by atoms with Crippen LogP contribution in [0.1, 0.15) is 0 Å². The fourth-order valence-corrected chi connectivity index (χ4v) is 7.11. The first-order valence-electron chi connectivity index (χ1n) is 11.6. The number of thioether (sulfide) groups is 6. The zero-order valence-electron chi connectivity index (χ0n) is 21.2. The van der Waals surface area contributed by atoms with Gasteiger partial charge in [-0.3, -0.25) is 0 Å². The van der Waals surface area contributed by atoms with E-state index in [9.17, 15) is 0 Å². The van der Waals surface area contributed by atoms with Crippen LogP contribution in [0.5, 0.6) is 0 Å². The molecule has 0 aromatic heterocycles. The lowest BCUT2D eigenvalue weighted by molar-refractivity contribution is 0.0604. The molecule has 0 aliphatic carbocycles. The van der Waals surface area contributed by atoms with E-state index >= 15 is 0 Å². The summed E-state index contributed by atoms with van der Waals surface area (Å²) in [5, 5.41) is 0. The maximum atomic E-state index is 5.71. The van der Waals surface area contributed by atoms with E-state index in [-0.39, 0.29) is 0 Å². The van der Waals surface area contributed by atoms with Crippen molar-refractivity contribution < 1.29 is 28.4 Å². The van der Waals surface area contributed by atoms with Crippen molar-refractivity contribution in [2.24, 2.45) is 0 Å². The van der Waals surface area contributed by atoms with E-state index in [0.717, 1.165) is 74.2 Å². The van der Waals surface area contributed by atoms with E-state index in [4.69, 9.17) is 28.4 Å².